The molecule has 1 aliphatic heterocycles. The van der Waals surface area contributed by atoms with Gasteiger partial charge < -0.3 is 15.0 Å². The number of amides is 2. The molecule has 0 bridgehead atoms. The molecule has 3 rings (SSSR count). The molecule has 0 saturated heterocycles. The number of rotatable bonds is 7. The van der Waals surface area contributed by atoms with E-state index in [2.05, 4.69) is 5.32 Å². The molecule has 2 aromatic rings. The summed E-state index contributed by atoms with van der Waals surface area (Å²) in [6.07, 6.45) is 0.631. The zero-order chi connectivity index (χ0) is 23.4. The van der Waals surface area contributed by atoms with Crippen LogP contribution >= 0.6 is 0 Å². The number of fused-ring (bicyclic) bond motifs is 1. The molecule has 0 unspecified atom stereocenters. The highest BCUT2D eigenvalue weighted by Crippen LogP contribution is 2.38. The van der Waals surface area contributed by atoms with E-state index < -0.39 is 12.1 Å². The highest BCUT2D eigenvalue weighted by Gasteiger charge is 2.34. The van der Waals surface area contributed by atoms with Crippen LogP contribution in [0.2, 0.25) is 0 Å². The molecule has 1 heterocycles. The number of carbonyl (C=O) groups excluding carboxylic acids is 2. The molecule has 1 N–H and O–H groups in total. The predicted molar refractivity (Wildman–Crippen MR) is 123 cm³/mol. The molecule has 32 heavy (non-hydrogen) atoms. The fourth-order valence-electron chi connectivity index (χ4n) is 4.14. The quantitative estimate of drug-likeness (QED) is 0.683. The fraction of sp³-hybridized carbons (Fsp3) is 0.462. The molecule has 0 aliphatic carbocycles. The highest BCUT2D eigenvalue weighted by molar-refractivity contribution is 5.81. The summed E-state index contributed by atoms with van der Waals surface area (Å²) < 4.78 is 20.2. The van der Waals surface area contributed by atoms with Crippen molar-refractivity contribution in [1.29, 1.82) is 0 Å². The average molecular weight is 441 g/mol. The second kappa shape index (κ2) is 10.2. The van der Waals surface area contributed by atoms with Gasteiger partial charge in [-0.25, -0.2) is 4.39 Å². The fourth-order valence-corrected chi connectivity index (χ4v) is 4.14. The second-order valence-corrected chi connectivity index (χ2v) is 8.93. The third-order valence-electron chi connectivity index (χ3n) is 5.66. The van der Waals surface area contributed by atoms with Gasteiger partial charge in [-0.2, -0.15) is 0 Å². The van der Waals surface area contributed by atoms with E-state index >= 15 is 0 Å². The lowest BCUT2D eigenvalue weighted by atomic mass is 9.87. The summed E-state index contributed by atoms with van der Waals surface area (Å²) in [7, 11) is 0. The molecule has 5 nitrogen and oxygen atoms in total. The Morgan fingerprint density at radius 2 is 1.91 bits per heavy atom. The Balaban J connectivity index is 2.00. The van der Waals surface area contributed by atoms with Gasteiger partial charge in [-0.05, 0) is 67.6 Å². The Hall–Kier alpha value is -2.89. The van der Waals surface area contributed by atoms with Crippen LogP contribution in [-0.4, -0.2) is 35.4 Å². The molecule has 0 spiro atoms. The monoisotopic (exact) mass is 440 g/mol. The summed E-state index contributed by atoms with van der Waals surface area (Å²) in [5.41, 5.74) is 2.73. The number of hydrogen-bond acceptors (Lipinski definition) is 3. The van der Waals surface area contributed by atoms with Crippen molar-refractivity contribution in [3.63, 3.8) is 0 Å². The standard InChI is InChI=1S/C26H33FN2O3/c1-6-23(25(30)28-17(4)5)32-21-11-10-18-12-13-29(26(31)16(2)3)24(22(18)15-21)19-8-7-9-20(27)14-19/h7-11,14-17,23-24H,6,12-13H2,1-5H3,(H,28,30)/t23-,24+/m1/s1. The Morgan fingerprint density at radius 3 is 2.53 bits per heavy atom. The van der Waals surface area contributed by atoms with Crippen molar-refractivity contribution in [3.05, 3.63) is 65.0 Å². The van der Waals surface area contributed by atoms with Crippen molar-refractivity contribution < 1.29 is 18.7 Å². The van der Waals surface area contributed by atoms with Gasteiger partial charge in [-0.1, -0.05) is 39.0 Å². The number of nitrogens with zero attached hydrogens (tertiary/aromatic N) is 1. The molecule has 1 aliphatic rings. The van der Waals surface area contributed by atoms with Crippen LogP contribution in [0.1, 0.15) is 63.8 Å². The van der Waals surface area contributed by atoms with Crippen molar-refractivity contribution >= 4 is 11.8 Å². The molecule has 0 aromatic heterocycles. The Kier molecular flexibility index (Phi) is 7.54. The van der Waals surface area contributed by atoms with Gasteiger partial charge in [-0.3, -0.25) is 9.59 Å². The second-order valence-electron chi connectivity index (χ2n) is 8.93. The van der Waals surface area contributed by atoms with Crippen molar-refractivity contribution in [3.8, 4) is 5.75 Å². The summed E-state index contributed by atoms with van der Waals surface area (Å²) in [6.45, 7) is 10.0. The molecule has 2 atom stereocenters. The Bertz CT molecular complexity index is 973. The van der Waals surface area contributed by atoms with Gasteiger partial charge in [0.2, 0.25) is 5.91 Å². The van der Waals surface area contributed by atoms with Crippen LogP contribution in [-0.2, 0) is 16.0 Å². The zero-order valence-electron chi connectivity index (χ0n) is 19.5. The van der Waals surface area contributed by atoms with Gasteiger partial charge in [0.1, 0.15) is 11.6 Å². The highest BCUT2D eigenvalue weighted by atomic mass is 19.1. The van der Waals surface area contributed by atoms with E-state index in [1.54, 1.807) is 6.07 Å². The van der Waals surface area contributed by atoms with Crippen molar-refractivity contribution in [2.24, 2.45) is 5.92 Å². The maximum absolute atomic E-state index is 14.1. The van der Waals surface area contributed by atoms with E-state index in [0.29, 0.717) is 25.1 Å². The van der Waals surface area contributed by atoms with E-state index in [-0.39, 0.29) is 29.6 Å². The lowest BCUT2D eigenvalue weighted by Gasteiger charge is -2.39. The predicted octanol–water partition coefficient (Wildman–Crippen LogP) is 4.64. The molecule has 172 valence electrons. The molecule has 2 amide bonds. The zero-order valence-corrected chi connectivity index (χ0v) is 19.5. The molecular weight excluding hydrogens is 407 g/mol. The van der Waals surface area contributed by atoms with Gasteiger partial charge in [-0.15, -0.1) is 0 Å². The first kappa shape index (κ1) is 23.8. The van der Waals surface area contributed by atoms with Gasteiger partial charge in [0.05, 0.1) is 6.04 Å². The minimum Gasteiger partial charge on any atom is -0.481 e. The number of ether oxygens (including phenoxy) is 1. The van der Waals surface area contributed by atoms with Gasteiger partial charge in [0.25, 0.3) is 5.91 Å². The topological polar surface area (TPSA) is 58.6 Å². The minimum absolute atomic E-state index is 0.0247. The van der Waals surface area contributed by atoms with Crippen LogP contribution in [0.15, 0.2) is 42.5 Å². The molecule has 6 heteroatoms. The first-order valence-electron chi connectivity index (χ1n) is 11.4. The minimum atomic E-state index is -0.611. The molecule has 2 aromatic carbocycles. The lowest BCUT2D eigenvalue weighted by molar-refractivity contribution is -0.136. The van der Waals surface area contributed by atoms with Crippen molar-refractivity contribution in [1.82, 2.24) is 10.2 Å². The maximum atomic E-state index is 14.1. The van der Waals surface area contributed by atoms with E-state index in [1.165, 1.54) is 12.1 Å². The molecule has 0 fully saturated rings. The van der Waals surface area contributed by atoms with E-state index in [4.69, 9.17) is 4.74 Å². The first-order chi connectivity index (χ1) is 15.2. The summed E-state index contributed by atoms with van der Waals surface area (Å²) in [5, 5.41) is 2.89. The molecule has 0 radical (unpaired) electrons. The number of nitrogens with one attached hydrogen (secondary N) is 1. The third kappa shape index (κ3) is 5.29. The van der Waals surface area contributed by atoms with Crippen molar-refractivity contribution in [2.75, 3.05) is 6.54 Å². The SMILES string of the molecule is CC[C@@H](Oc1ccc2c(c1)[C@H](c1cccc(F)c1)N(C(=O)C(C)C)CC2)C(=O)NC(C)C. The number of hydrogen-bond donors (Lipinski definition) is 1. The number of benzene rings is 2. The summed E-state index contributed by atoms with van der Waals surface area (Å²) in [6, 6.07) is 11.8. The summed E-state index contributed by atoms with van der Waals surface area (Å²) in [5.74, 6) is -0.0705. The lowest BCUT2D eigenvalue weighted by Crippen LogP contribution is -2.43. The molecular formula is C26H33FN2O3. The summed E-state index contributed by atoms with van der Waals surface area (Å²) >= 11 is 0. The van der Waals surface area contributed by atoms with Gasteiger partial charge >= 0.3 is 0 Å². The third-order valence-corrected chi connectivity index (χ3v) is 5.66. The maximum Gasteiger partial charge on any atom is 0.261 e. The Morgan fingerprint density at radius 1 is 1.16 bits per heavy atom. The largest absolute Gasteiger partial charge is 0.481 e. The van der Waals surface area contributed by atoms with Crippen LogP contribution in [0.4, 0.5) is 4.39 Å². The van der Waals surface area contributed by atoms with Crippen LogP contribution in [0, 0.1) is 11.7 Å². The molecule has 0 saturated carbocycles. The van der Waals surface area contributed by atoms with E-state index in [0.717, 1.165) is 16.7 Å². The van der Waals surface area contributed by atoms with Crippen LogP contribution < -0.4 is 10.1 Å². The van der Waals surface area contributed by atoms with Crippen LogP contribution in [0.25, 0.3) is 0 Å². The summed E-state index contributed by atoms with van der Waals surface area (Å²) in [4.78, 5) is 27.3. The Labute approximate surface area is 190 Å². The van der Waals surface area contributed by atoms with Crippen LogP contribution in [0.3, 0.4) is 0 Å². The van der Waals surface area contributed by atoms with E-state index in [1.807, 2.05) is 63.8 Å². The van der Waals surface area contributed by atoms with Gasteiger partial charge in [0, 0.05) is 18.5 Å². The van der Waals surface area contributed by atoms with Gasteiger partial charge in [0.15, 0.2) is 6.10 Å². The van der Waals surface area contributed by atoms with Crippen LogP contribution in [0.5, 0.6) is 5.75 Å². The van der Waals surface area contributed by atoms with Crippen molar-refractivity contribution in [2.45, 2.75) is 65.6 Å². The van der Waals surface area contributed by atoms with E-state index in [9.17, 15) is 14.0 Å². The number of carbonyl (C=O) groups is 2. The average Bonchev–Trinajstić information content (AvgIpc) is 2.75. The normalized spacial score (nSPS) is 16.6. The number of halogens is 1. The smallest absolute Gasteiger partial charge is 0.261 e. The first-order valence-corrected chi connectivity index (χ1v) is 11.4.